The van der Waals surface area contributed by atoms with Crippen LogP contribution in [0.1, 0.15) is 46.6 Å². The minimum Gasteiger partial charge on any atom is -0.0991 e. The molecule has 0 aliphatic heterocycles. The van der Waals surface area contributed by atoms with Crippen LogP contribution in [-0.4, -0.2) is 0 Å². The van der Waals surface area contributed by atoms with Gasteiger partial charge < -0.3 is 0 Å². The summed E-state index contributed by atoms with van der Waals surface area (Å²) in [5.41, 5.74) is 2.79. The molecule has 0 saturated heterocycles. The van der Waals surface area contributed by atoms with E-state index >= 15 is 0 Å². The van der Waals surface area contributed by atoms with Gasteiger partial charge >= 0.3 is 0 Å². The van der Waals surface area contributed by atoms with Crippen molar-refractivity contribution in [3.05, 3.63) is 60.2 Å². The summed E-state index contributed by atoms with van der Waals surface area (Å²) in [6.45, 7) is 14.0. The van der Waals surface area contributed by atoms with Crippen LogP contribution in [0.5, 0.6) is 0 Å². The van der Waals surface area contributed by atoms with Gasteiger partial charge in [-0.25, -0.2) is 0 Å². The fraction of sp³-hybridized carbons (Fsp3) is 0.412. The standard InChI is InChI=1S/C8H10.C7H12.C2H6/c1-2-8-6-4-3-5-7-8;1-4-6-7(3)5-2;1-2/h3-7H,2H2,1H3;4,6H,1,5H2,2-3H3;1-2H3/b;7-6+;. The molecule has 0 amide bonds. The predicted molar refractivity (Wildman–Crippen MR) is 81.4 cm³/mol. The van der Waals surface area contributed by atoms with Gasteiger partial charge in [0.05, 0.1) is 0 Å². The molecule has 0 N–H and O–H groups in total. The molecular weight excluding hydrogens is 204 g/mol. The number of aryl methyl sites for hydroxylation is 1. The summed E-state index contributed by atoms with van der Waals surface area (Å²) in [5.74, 6) is 0. The third-order valence-electron chi connectivity index (χ3n) is 2.21. The number of hydrogen-bond acceptors (Lipinski definition) is 0. The van der Waals surface area contributed by atoms with Crippen molar-refractivity contribution < 1.29 is 0 Å². The van der Waals surface area contributed by atoms with Crippen molar-refractivity contribution in [1.82, 2.24) is 0 Å². The summed E-state index contributed by atoms with van der Waals surface area (Å²) < 4.78 is 0. The first-order valence-electron chi connectivity index (χ1n) is 6.56. The molecule has 0 radical (unpaired) electrons. The van der Waals surface area contributed by atoms with Crippen LogP contribution in [0, 0.1) is 0 Å². The molecule has 0 nitrogen and oxygen atoms in total. The Hall–Kier alpha value is -1.30. The highest BCUT2D eigenvalue weighted by Gasteiger charge is 1.80. The average Bonchev–Trinajstić information content (AvgIpc) is 2.43. The SMILES string of the molecule is C=C/C=C(\C)CC.CC.CCc1ccccc1. The molecular formula is C17H28. The first-order valence-corrected chi connectivity index (χ1v) is 6.56. The number of hydrogen-bond donors (Lipinski definition) is 0. The minimum absolute atomic E-state index is 1.13. The molecule has 0 bridgehead atoms. The molecule has 0 atom stereocenters. The molecule has 0 saturated carbocycles. The second-order valence-electron chi connectivity index (χ2n) is 3.44. The van der Waals surface area contributed by atoms with Crippen molar-refractivity contribution in [3.8, 4) is 0 Å². The van der Waals surface area contributed by atoms with E-state index in [1.807, 2.05) is 32.1 Å². The van der Waals surface area contributed by atoms with Gasteiger partial charge in [0, 0.05) is 0 Å². The molecule has 1 aromatic carbocycles. The van der Waals surface area contributed by atoms with Gasteiger partial charge in [0.1, 0.15) is 0 Å². The van der Waals surface area contributed by atoms with Gasteiger partial charge in [-0.2, -0.15) is 0 Å². The highest BCUT2D eigenvalue weighted by Crippen LogP contribution is 1.97. The topological polar surface area (TPSA) is 0 Å². The van der Waals surface area contributed by atoms with Crippen LogP contribution in [0.25, 0.3) is 0 Å². The van der Waals surface area contributed by atoms with Crippen LogP contribution < -0.4 is 0 Å². The van der Waals surface area contributed by atoms with Gasteiger partial charge in [-0.15, -0.1) is 0 Å². The van der Waals surface area contributed by atoms with Crippen molar-refractivity contribution in [2.75, 3.05) is 0 Å². The highest BCUT2D eigenvalue weighted by molar-refractivity contribution is 5.13. The second-order valence-corrected chi connectivity index (χ2v) is 3.44. The minimum atomic E-state index is 1.13. The van der Waals surface area contributed by atoms with Crippen molar-refractivity contribution in [3.63, 3.8) is 0 Å². The first-order chi connectivity index (χ1) is 8.24. The highest BCUT2D eigenvalue weighted by atomic mass is 13.9. The molecule has 0 heteroatoms. The van der Waals surface area contributed by atoms with Crippen molar-refractivity contribution >= 4 is 0 Å². The molecule has 1 rings (SSSR count). The van der Waals surface area contributed by atoms with Gasteiger partial charge in [-0.1, -0.05) is 82.3 Å². The van der Waals surface area contributed by atoms with E-state index in [0.29, 0.717) is 0 Å². The van der Waals surface area contributed by atoms with Gasteiger partial charge in [0.15, 0.2) is 0 Å². The molecule has 0 fully saturated rings. The lowest BCUT2D eigenvalue weighted by Gasteiger charge is -1.89. The molecule has 0 unspecified atom stereocenters. The molecule has 0 aliphatic rings. The lowest BCUT2D eigenvalue weighted by molar-refractivity contribution is 1.10. The van der Waals surface area contributed by atoms with Gasteiger partial charge in [0.2, 0.25) is 0 Å². The Bertz CT molecular complexity index is 280. The second kappa shape index (κ2) is 14.7. The maximum absolute atomic E-state index is 3.57. The Morgan fingerprint density at radius 2 is 1.65 bits per heavy atom. The lowest BCUT2D eigenvalue weighted by Crippen LogP contribution is -1.73. The Labute approximate surface area is 108 Å². The van der Waals surface area contributed by atoms with Crippen LogP contribution in [0.4, 0.5) is 0 Å². The Balaban J connectivity index is 0. The fourth-order valence-corrected chi connectivity index (χ4v) is 1.03. The van der Waals surface area contributed by atoms with Crippen molar-refractivity contribution in [2.24, 2.45) is 0 Å². The lowest BCUT2D eigenvalue weighted by atomic mass is 10.2. The summed E-state index contributed by atoms with van der Waals surface area (Å²) >= 11 is 0. The van der Waals surface area contributed by atoms with Gasteiger partial charge in [-0.3, -0.25) is 0 Å². The van der Waals surface area contributed by atoms with Gasteiger partial charge in [0.25, 0.3) is 0 Å². The van der Waals surface area contributed by atoms with E-state index in [1.54, 1.807) is 0 Å². The smallest absolute Gasteiger partial charge is 0.0307 e. The third-order valence-corrected chi connectivity index (χ3v) is 2.21. The monoisotopic (exact) mass is 232 g/mol. The normalized spacial score (nSPS) is 9.35. The Morgan fingerprint density at radius 3 is 1.88 bits per heavy atom. The largest absolute Gasteiger partial charge is 0.0991 e. The summed E-state index contributed by atoms with van der Waals surface area (Å²) in [5, 5.41) is 0. The van der Waals surface area contributed by atoms with E-state index in [9.17, 15) is 0 Å². The summed E-state index contributed by atoms with van der Waals surface area (Å²) in [4.78, 5) is 0. The first kappa shape index (κ1) is 18.1. The predicted octanol–water partition coefficient (Wildman–Crippen LogP) is 5.80. The van der Waals surface area contributed by atoms with Crippen LogP contribution >= 0.6 is 0 Å². The van der Waals surface area contributed by atoms with Gasteiger partial charge in [-0.05, 0) is 25.3 Å². The molecule has 17 heavy (non-hydrogen) atoms. The Morgan fingerprint density at radius 1 is 1.12 bits per heavy atom. The summed E-state index contributed by atoms with van der Waals surface area (Å²) in [7, 11) is 0. The van der Waals surface area contributed by atoms with E-state index in [0.717, 1.165) is 12.8 Å². The third kappa shape index (κ3) is 12.6. The molecule has 0 spiro atoms. The zero-order valence-electron chi connectivity index (χ0n) is 12.2. The molecule has 96 valence electrons. The number of allylic oxidation sites excluding steroid dienone is 3. The van der Waals surface area contributed by atoms with Crippen molar-refractivity contribution in [2.45, 2.75) is 47.5 Å². The zero-order valence-corrected chi connectivity index (χ0v) is 12.2. The van der Waals surface area contributed by atoms with Crippen LogP contribution in [0.2, 0.25) is 0 Å². The fourth-order valence-electron chi connectivity index (χ4n) is 1.03. The molecule has 0 aliphatic carbocycles. The number of rotatable bonds is 3. The maximum atomic E-state index is 3.57. The summed E-state index contributed by atoms with van der Waals surface area (Å²) in [6.07, 6.45) is 6.12. The van der Waals surface area contributed by atoms with E-state index in [4.69, 9.17) is 0 Å². The number of benzene rings is 1. The zero-order chi connectivity index (χ0) is 13.5. The van der Waals surface area contributed by atoms with Crippen LogP contribution in [0.15, 0.2) is 54.6 Å². The molecule has 0 heterocycles. The molecule has 1 aromatic rings. The van der Waals surface area contributed by atoms with Crippen LogP contribution in [-0.2, 0) is 6.42 Å². The van der Waals surface area contributed by atoms with E-state index in [1.165, 1.54) is 11.1 Å². The van der Waals surface area contributed by atoms with Crippen LogP contribution in [0.3, 0.4) is 0 Å². The van der Waals surface area contributed by atoms with E-state index in [2.05, 4.69) is 51.6 Å². The Kier molecular flexibility index (Phi) is 15.6. The van der Waals surface area contributed by atoms with E-state index < -0.39 is 0 Å². The quantitative estimate of drug-likeness (QED) is 0.577. The average molecular weight is 232 g/mol. The van der Waals surface area contributed by atoms with E-state index in [-0.39, 0.29) is 0 Å². The summed E-state index contributed by atoms with van der Waals surface area (Å²) in [6, 6.07) is 10.5. The molecule has 0 aromatic heterocycles. The van der Waals surface area contributed by atoms with Crippen molar-refractivity contribution in [1.29, 1.82) is 0 Å². The maximum Gasteiger partial charge on any atom is -0.0307 e.